The fraction of sp³-hybridized carbons (Fsp3) is 0. The van der Waals surface area contributed by atoms with Crippen molar-refractivity contribution in [2.75, 3.05) is 0 Å². The Bertz CT molecular complexity index is 3260. The summed E-state index contributed by atoms with van der Waals surface area (Å²) in [5.74, 6) is 2.32. The van der Waals surface area contributed by atoms with Crippen LogP contribution in [0.3, 0.4) is 0 Å². The molecule has 8 nitrogen and oxygen atoms in total. The highest BCUT2D eigenvalue weighted by Gasteiger charge is 2.33. The third-order valence-corrected chi connectivity index (χ3v) is 14.1. The van der Waals surface area contributed by atoms with E-state index >= 15 is 0 Å². The smallest absolute Gasteiger partial charge is 0.166 e. The SMILES string of the molecule is c1ccc(-c2sc(-c3ccccc3)c3c2-c2nc-3nc3[nH]c(nc4nc(nc5[nH]c(n2)c2ccccc52)-c2c(-c5ccccc5)sc(-c5ccccc5)c2-4)c2ccccc32)cc1. The summed E-state index contributed by atoms with van der Waals surface area (Å²) in [6.07, 6.45) is 0. The van der Waals surface area contributed by atoms with Gasteiger partial charge in [0.1, 0.15) is 22.6 Å². The van der Waals surface area contributed by atoms with Crippen LogP contribution in [0, 0.1) is 0 Å². The molecule has 0 saturated heterocycles. The number of H-pyrrole nitrogens is 2. The summed E-state index contributed by atoms with van der Waals surface area (Å²) in [7, 11) is 0. The fourth-order valence-corrected chi connectivity index (χ4v) is 11.3. The Labute approximate surface area is 362 Å². The first-order chi connectivity index (χ1) is 30.7. The zero-order valence-electron chi connectivity index (χ0n) is 32.7. The number of hydrogen-bond acceptors (Lipinski definition) is 8. The fourth-order valence-electron chi connectivity index (χ4n) is 8.70. The lowest BCUT2D eigenvalue weighted by atomic mass is 10.0. The van der Waals surface area contributed by atoms with E-state index in [0.29, 0.717) is 45.9 Å². The van der Waals surface area contributed by atoms with Crippen molar-refractivity contribution in [1.29, 1.82) is 0 Å². The van der Waals surface area contributed by atoms with Gasteiger partial charge in [0.05, 0.1) is 0 Å². The summed E-state index contributed by atoms with van der Waals surface area (Å²) in [5.41, 5.74) is 10.8. The molecule has 2 aliphatic heterocycles. The number of aromatic amines is 2. The second-order valence-corrected chi connectivity index (χ2v) is 17.2. The number of nitrogens with one attached hydrogen (secondary N) is 2. The van der Waals surface area contributed by atoms with Gasteiger partial charge in [-0.2, -0.15) is 0 Å². The van der Waals surface area contributed by atoms with Crippen molar-refractivity contribution in [3.63, 3.8) is 0 Å². The molecule has 10 heteroatoms. The van der Waals surface area contributed by atoms with Gasteiger partial charge in [-0.25, -0.2) is 29.9 Å². The molecule has 0 saturated carbocycles. The number of thiophene rings is 2. The van der Waals surface area contributed by atoms with Gasteiger partial charge in [-0.3, -0.25) is 0 Å². The molecule has 290 valence electrons. The molecule has 0 spiro atoms. The number of rotatable bonds is 4. The molecule has 0 amide bonds. The van der Waals surface area contributed by atoms with E-state index in [0.717, 1.165) is 85.6 Å². The molecule has 0 atom stereocenters. The lowest BCUT2D eigenvalue weighted by molar-refractivity contribution is 1.19. The predicted octanol–water partition coefficient (Wildman–Crippen LogP) is 13.7. The summed E-state index contributed by atoms with van der Waals surface area (Å²) in [5, 5.41) is 3.71. The van der Waals surface area contributed by atoms with Crippen molar-refractivity contribution in [3.8, 4) is 87.3 Å². The Kier molecular flexibility index (Phi) is 7.78. The minimum absolute atomic E-state index is 0.579. The minimum Gasteiger partial charge on any atom is -0.324 e. The number of aromatic nitrogens is 8. The highest BCUT2D eigenvalue weighted by Crippen LogP contribution is 2.54. The van der Waals surface area contributed by atoms with Gasteiger partial charge in [-0.1, -0.05) is 170 Å². The minimum atomic E-state index is 0.579. The van der Waals surface area contributed by atoms with Gasteiger partial charge in [0.25, 0.3) is 0 Å². The summed E-state index contributed by atoms with van der Waals surface area (Å²) in [4.78, 5) is 44.0. The van der Waals surface area contributed by atoms with E-state index in [-0.39, 0.29) is 0 Å². The third kappa shape index (κ3) is 5.44. The van der Waals surface area contributed by atoms with Gasteiger partial charge in [0.15, 0.2) is 23.3 Å². The third-order valence-electron chi connectivity index (χ3n) is 11.5. The van der Waals surface area contributed by atoms with Crippen LogP contribution in [-0.4, -0.2) is 39.9 Å². The van der Waals surface area contributed by atoms with E-state index in [1.54, 1.807) is 22.7 Å². The molecule has 0 aliphatic carbocycles. The van der Waals surface area contributed by atoms with Crippen molar-refractivity contribution in [1.82, 2.24) is 39.9 Å². The standard InChI is InChI=1S/C52H30N8S2/c1-5-17-29(18-6-1)41-37-38(42(61-41)30-19-7-2-8-20-30)50-56-46-35-27-15-16-28-36(35)48(54-46)58-52-40-39(43(31-21-9-3-10-22-31)62-44(40)32-23-11-4-12-24-32)51(60-52)57-47-34-26-14-13-25-33(34)45(53-47)55-49(37)59-50/h1-28H,(H2,53,54,55,56,57,58,59,60). The lowest BCUT2D eigenvalue weighted by Crippen LogP contribution is -1.85. The molecule has 62 heavy (non-hydrogen) atoms. The zero-order valence-corrected chi connectivity index (χ0v) is 34.3. The molecule has 0 fully saturated rings. The van der Waals surface area contributed by atoms with Crippen LogP contribution < -0.4 is 0 Å². The van der Waals surface area contributed by atoms with Crippen LogP contribution in [0.25, 0.3) is 131 Å². The molecule has 2 N–H and O–H groups in total. The van der Waals surface area contributed by atoms with E-state index in [2.05, 4.69) is 131 Å². The van der Waals surface area contributed by atoms with Gasteiger partial charge < -0.3 is 9.97 Å². The Morgan fingerprint density at radius 1 is 0.258 bits per heavy atom. The molecule has 6 aromatic carbocycles. The van der Waals surface area contributed by atoms with E-state index in [9.17, 15) is 0 Å². The van der Waals surface area contributed by atoms with Gasteiger partial charge in [-0.15, -0.1) is 22.7 Å². The first-order valence-corrected chi connectivity index (χ1v) is 21.9. The van der Waals surface area contributed by atoms with Crippen molar-refractivity contribution in [2.24, 2.45) is 0 Å². The molecule has 11 aromatic rings. The Morgan fingerprint density at radius 3 is 0.726 bits per heavy atom. The molecule has 13 rings (SSSR count). The molecule has 7 heterocycles. The van der Waals surface area contributed by atoms with Crippen molar-refractivity contribution in [2.45, 2.75) is 0 Å². The van der Waals surface area contributed by atoms with Gasteiger partial charge in [0.2, 0.25) is 0 Å². The van der Waals surface area contributed by atoms with E-state index < -0.39 is 0 Å². The molecule has 2 aliphatic rings. The Hall–Kier alpha value is -7.92. The largest absolute Gasteiger partial charge is 0.324 e. The average molecular weight is 831 g/mol. The number of fused-ring (bicyclic) bond motifs is 20. The topological polar surface area (TPSA) is 109 Å². The van der Waals surface area contributed by atoms with E-state index in [4.69, 9.17) is 29.9 Å². The highest BCUT2D eigenvalue weighted by molar-refractivity contribution is 7.20. The molecule has 0 radical (unpaired) electrons. The number of benzene rings is 6. The van der Waals surface area contributed by atoms with Gasteiger partial charge in [-0.05, 0) is 22.3 Å². The quantitative estimate of drug-likeness (QED) is 0.183. The summed E-state index contributed by atoms with van der Waals surface area (Å²) in [6, 6.07) is 58.4. The monoisotopic (exact) mass is 830 g/mol. The first kappa shape index (κ1) is 34.9. The average Bonchev–Trinajstić information content (AvgIpc) is 4.18. The second-order valence-electron chi connectivity index (χ2n) is 15.2. The molecule has 0 unspecified atom stereocenters. The van der Waals surface area contributed by atoms with Crippen molar-refractivity contribution < 1.29 is 0 Å². The van der Waals surface area contributed by atoms with Gasteiger partial charge in [0, 0.05) is 63.3 Å². The van der Waals surface area contributed by atoms with Crippen LogP contribution in [-0.2, 0) is 0 Å². The van der Waals surface area contributed by atoms with Gasteiger partial charge >= 0.3 is 0 Å². The Balaban J connectivity index is 1.20. The highest BCUT2D eigenvalue weighted by atomic mass is 32.1. The zero-order chi connectivity index (χ0) is 40.7. The summed E-state index contributed by atoms with van der Waals surface area (Å²) < 4.78 is 0. The summed E-state index contributed by atoms with van der Waals surface area (Å²) >= 11 is 3.48. The van der Waals surface area contributed by atoms with Crippen LogP contribution in [0.2, 0.25) is 0 Å². The van der Waals surface area contributed by atoms with Crippen molar-refractivity contribution >= 4 is 66.8 Å². The number of nitrogens with zero attached hydrogens (tertiary/aromatic N) is 6. The van der Waals surface area contributed by atoms with Crippen LogP contribution in [0.15, 0.2) is 170 Å². The molecule has 5 aromatic heterocycles. The predicted molar refractivity (Wildman–Crippen MR) is 254 cm³/mol. The van der Waals surface area contributed by atoms with Crippen LogP contribution in [0.1, 0.15) is 0 Å². The van der Waals surface area contributed by atoms with E-state index in [1.165, 1.54) is 0 Å². The maximum atomic E-state index is 5.43. The maximum Gasteiger partial charge on any atom is 0.166 e. The summed E-state index contributed by atoms with van der Waals surface area (Å²) in [6.45, 7) is 0. The lowest BCUT2D eigenvalue weighted by Gasteiger charge is -2.00. The van der Waals surface area contributed by atoms with Crippen LogP contribution >= 0.6 is 22.7 Å². The molecule has 8 bridgehead atoms. The Morgan fingerprint density at radius 2 is 0.484 bits per heavy atom. The molecular weight excluding hydrogens is 801 g/mol. The van der Waals surface area contributed by atoms with Crippen LogP contribution in [0.4, 0.5) is 0 Å². The van der Waals surface area contributed by atoms with Crippen LogP contribution in [0.5, 0.6) is 0 Å². The normalized spacial score (nSPS) is 11.9. The number of hydrogen-bond donors (Lipinski definition) is 2. The first-order valence-electron chi connectivity index (χ1n) is 20.3. The second kappa shape index (κ2) is 13.8. The maximum absolute atomic E-state index is 5.43. The van der Waals surface area contributed by atoms with Crippen molar-refractivity contribution in [3.05, 3.63) is 170 Å². The van der Waals surface area contributed by atoms with E-state index in [1.807, 2.05) is 48.5 Å². The molecular formula is C52H30N8S2.